The van der Waals surface area contributed by atoms with Crippen LogP contribution >= 0.6 is 0 Å². The number of carbonyl (C=O) groups is 3. The molecule has 0 saturated carbocycles. The Hall–Kier alpha value is -5.75. The quantitative estimate of drug-likeness (QED) is 0.0261. The number of carbonyl (C=O) groups excluding carboxylic acids is 3. The molecule has 1 atom stereocenters. The zero-order valence-corrected chi connectivity index (χ0v) is 51.5. The van der Waals surface area contributed by atoms with Crippen molar-refractivity contribution in [3.63, 3.8) is 0 Å². The maximum atomic E-state index is 12.9. The largest absolute Gasteiger partial charge is 0.462 e. The van der Waals surface area contributed by atoms with Crippen molar-refractivity contribution >= 4 is 17.9 Å². The molecule has 0 rings (SSSR count). The zero-order valence-electron chi connectivity index (χ0n) is 51.5. The molecule has 0 aliphatic carbocycles. The predicted octanol–water partition coefficient (Wildman–Crippen LogP) is 22.2. The second kappa shape index (κ2) is 66.8. The molecule has 0 saturated heterocycles. The van der Waals surface area contributed by atoms with Crippen LogP contribution in [0.15, 0.2) is 194 Å². The Bertz CT molecular complexity index is 1950. The van der Waals surface area contributed by atoms with E-state index in [0.29, 0.717) is 19.3 Å². The smallest absolute Gasteiger partial charge is 0.306 e. The minimum absolute atomic E-state index is 0.124. The first-order valence-corrected chi connectivity index (χ1v) is 31.9. The molecular formula is C75H114O6. The van der Waals surface area contributed by atoms with Crippen LogP contribution in [-0.4, -0.2) is 37.2 Å². The average molecular weight is 1110 g/mol. The van der Waals surface area contributed by atoms with Gasteiger partial charge in [0.1, 0.15) is 13.2 Å². The number of hydrogen-bond donors (Lipinski definition) is 0. The van der Waals surface area contributed by atoms with E-state index in [1.54, 1.807) is 0 Å². The summed E-state index contributed by atoms with van der Waals surface area (Å²) in [5.41, 5.74) is 0. The van der Waals surface area contributed by atoms with Gasteiger partial charge >= 0.3 is 17.9 Å². The lowest BCUT2D eigenvalue weighted by Gasteiger charge is -2.18. The van der Waals surface area contributed by atoms with Gasteiger partial charge in [0.2, 0.25) is 0 Å². The molecule has 0 aliphatic rings. The van der Waals surface area contributed by atoms with E-state index in [4.69, 9.17) is 14.2 Å². The Morgan fingerprint density at radius 1 is 0.247 bits per heavy atom. The van der Waals surface area contributed by atoms with Gasteiger partial charge in [0.05, 0.1) is 0 Å². The van der Waals surface area contributed by atoms with Gasteiger partial charge < -0.3 is 14.2 Å². The highest BCUT2D eigenvalue weighted by molar-refractivity contribution is 5.71. The molecule has 0 amide bonds. The molecule has 0 aromatic rings. The van der Waals surface area contributed by atoms with Crippen molar-refractivity contribution in [2.75, 3.05) is 13.2 Å². The Kier molecular flexibility index (Phi) is 62.0. The van der Waals surface area contributed by atoms with Crippen molar-refractivity contribution in [2.24, 2.45) is 0 Å². The third-order valence-electron chi connectivity index (χ3n) is 12.6. The molecule has 6 nitrogen and oxygen atoms in total. The molecule has 6 heteroatoms. The van der Waals surface area contributed by atoms with E-state index in [-0.39, 0.29) is 37.5 Å². The molecule has 0 aromatic heterocycles. The van der Waals surface area contributed by atoms with Crippen molar-refractivity contribution in [2.45, 2.75) is 245 Å². The third-order valence-corrected chi connectivity index (χ3v) is 12.6. The highest BCUT2D eigenvalue weighted by Crippen LogP contribution is 2.13. The van der Waals surface area contributed by atoms with Crippen LogP contribution in [0.4, 0.5) is 0 Å². The molecule has 0 N–H and O–H groups in total. The number of allylic oxidation sites excluding steroid dienone is 32. The summed E-state index contributed by atoms with van der Waals surface area (Å²) in [5.74, 6) is -1.03. The van der Waals surface area contributed by atoms with Crippen LogP contribution in [0.5, 0.6) is 0 Å². The molecule has 1 unspecified atom stereocenters. The number of ether oxygens (including phenoxy) is 3. The van der Waals surface area contributed by atoms with Gasteiger partial charge in [-0.3, -0.25) is 14.4 Å². The summed E-state index contributed by atoms with van der Waals surface area (Å²) in [6.07, 6.45) is 102. The summed E-state index contributed by atoms with van der Waals surface area (Å²) in [5, 5.41) is 0. The molecule has 0 heterocycles. The van der Waals surface area contributed by atoms with E-state index in [1.807, 2.05) is 0 Å². The first-order valence-electron chi connectivity index (χ1n) is 31.9. The monoisotopic (exact) mass is 1110 g/mol. The van der Waals surface area contributed by atoms with E-state index < -0.39 is 6.10 Å². The molecular weight excluding hydrogens is 997 g/mol. The van der Waals surface area contributed by atoms with Crippen LogP contribution in [0, 0.1) is 0 Å². The topological polar surface area (TPSA) is 78.9 Å². The maximum absolute atomic E-state index is 12.9. The summed E-state index contributed by atoms with van der Waals surface area (Å²) in [7, 11) is 0. The normalized spacial score (nSPS) is 13.5. The fourth-order valence-corrected chi connectivity index (χ4v) is 7.92. The van der Waals surface area contributed by atoms with Crippen LogP contribution in [0.1, 0.15) is 239 Å². The predicted molar refractivity (Wildman–Crippen MR) is 352 cm³/mol. The molecule has 0 spiro atoms. The first kappa shape index (κ1) is 75.2. The van der Waals surface area contributed by atoms with Gasteiger partial charge in [-0.15, -0.1) is 0 Å². The van der Waals surface area contributed by atoms with Gasteiger partial charge in [0.25, 0.3) is 0 Å². The number of esters is 3. The van der Waals surface area contributed by atoms with Gasteiger partial charge in [-0.05, 0) is 154 Å². The Labute approximate surface area is 497 Å². The Morgan fingerprint density at radius 2 is 0.457 bits per heavy atom. The maximum Gasteiger partial charge on any atom is 0.306 e. The number of unbranched alkanes of at least 4 members (excludes halogenated alkanes) is 12. The molecule has 0 fully saturated rings. The Morgan fingerprint density at radius 3 is 0.741 bits per heavy atom. The number of rotatable bonds is 55. The van der Waals surface area contributed by atoms with Crippen molar-refractivity contribution in [1.82, 2.24) is 0 Å². The summed E-state index contributed by atoms with van der Waals surface area (Å²) in [4.78, 5) is 38.2. The van der Waals surface area contributed by atoms with Gasteiger partial charge in [-0.2, -0.15) is 0 Å². The second-order valence-corrected chi connectivity index (χ2v) is 20.2. The van der Waals surface area contributed by atoms with Gasteiger partial charge in [0.15, 0.2) is 6.10 Å². The van der Waals surface area contributed by atoms with Gasteiger partial charge in [-0.1, -0.05) is 260 Å². The highest BCUT2D eigenvalue weighted by atomic mass is 16.6. The van der Waals surface area contributed by atoms with Crippen LogP contribution in [0.3, 0.4) is 0 Å². The van der Waals surface area contributed by atoms with E-state index in [2.05, 4.69) is 215 Å². The van der Waals surface area contributed by atoms with Crippen LogP contribution in [0.2, 0.25) is 0 Å². The minimum atomic E-state index is -0.835. The summed E-state index contributed by atoms with van der Waals surface area (Å²) < 4.78 is 16.8. The lowest BCUT2D eigenvalue weighted by Crippen LogP contribution is -2.30. The highest BCUT2D eigenvalue weighted by Gasteiger charge is 2.19. The minimum Gasteiger partial charge on any atom is -0.462 e. The van der Waals surface area contributed by atoms with E-state index in [1.165, 1.54) is 32.1 Å². The fraction of sp³-hybridized carbons (Fsp3) is 0.533. The van der Waals surface area contributed by atoms with Crippen LogP contribution < -0.4 is 0 Å². The van der Waals surface area contributed by atoms with Crippen molar-refractivity contribution in [1.29, 1.82) is 0 Å². The standard InChI is InChI=1S/C75H114O6/c1-4-7-10-13-16-19-22-25-27-29-30-31-32-33-34-35-36-37-38-39-40-41-42-43-44-46-47-50-53-56-59-62-65-68-74(77)80-71-72(70-79-73(76)67-64-61-58-55-52-49-24-21-18-15-12-9-6-3)81-75(78)69-66-63-60-57-54-51-48-45-28-26-23-20-17-14-11-8-5-2/h7-12,16-21,25-28,30-31,33-34,36-37,39-40,42-43,48-49,51-52,57,60,72H,4-6,13-15,22-24,29,32,35,38,41,44-47,50,53-56,58-59,61-71H2,1-3H3/b10-7-,11-8-,12-9-,19-16-,20-17-,21-18-,27-25-,28-26-,31-30-,34-33-,37-36-,40-39-,43-42-,51-48-,52-49-,60-57-. The SMILES string of the molecule is CC/C=C\C/C=C\C/C=C\C/C=C\C/C=C\C/C=C\C/C=C\C/C=C\CCCCCCCCCCC(=O)OCC(COC(=O)CCCCC/C=C\C/C=C\C/C=C\CC)OC(=O)CCC/C=C\C/C=C\C/C=C\C/C=C\C/C=C\CC. The zero-order chi connectivity index (χ0) is 58.5. The number of hydrogen-bond acceptors (Lipinski definition) is 6. The van der Waals surface area contributed by atoms with Crippen molar-refractivity contribution in [3.8, 4) is 0 Å². The Balaban J connectivity index is 4.39. The van der Waals surface area contributed by atoms with Crippen LogP contribution in [-0.2, 0) is 28.6 Å². The van der Waals surface area contributed by atoms with Crippen molar-refractivity contribution in [3.05, 3.63) is 194 Å². The van der Waals surface area contributed by atoms with Gasteiger partial charge in [0, 0.05) is 19.3 Å². The lowest BCUT2D eigenvalue weighted by atomic mass is 10.1. The lowest BCUT2D eigenvalue weighted by molar-refractivity contribution is -0.167. The first-order chi connectivity index (χ1) is 40.0. The summed E-state index contributed by atoms with van der Waals surface area (Å²) >= 11 is 0. The third kappa shape index (κ3) is 64.9. The molecule has 0 radical (unpaired) electrons. The average Bonchev–Trinajstić information content (AvgIpc) is 3.46. The summed E-state index contributed by atoms with van der Waals surface area (Å²) in [6.45, 7) is 6.20. The van der Waals surface area contributed by atoms with E-state index >= 15 is 0 Å². The molecule has 81 heavy (non-hydrogen) atoms. The molecule has 0 aromatic carbocycles. The van der Waals surface area contributed by atoms with Crippen molar-refractivity contribution < 1.29 is 28.6 Å². The fourth-order valence-electron chi connectivity index (χ4n) is 7.92. The molecule has 450 valence electrons. The second-order valence-electron chi connectivity index (χ2n) is 20.2. The molecule has 0 aliphatic heterocycles. The summed E-state index contributed by atoms with van der Waals surface area (Å²) in [6, 6.07) is 0. The molecule has 0 bridgehead atoms. The van der Waals surface area contributed by atoms with Crippen LogP contribution in [0.25, 0.3) is 0 Å². The van der Waals surface area contributed by atoms with E-state index in [0.717, 1.165) is 161 Å². The van der Waals surface area contributed by atoms with E-state index in [9.17, 15) is 14.4 Å². The van der Waals surface area contributed by atoms with Gasteiger partial charge in [-0.25, -0.2) is 0 Å².